The number of nitro benzene ring substituents is 1. The van der Waals surface area contributed by atoms with Gasteiger partial charge in [0.15, 0.2) is 5.69 Å². The van der Waals surface area contributed by atoms with Crippen LogP contribution in [0.3, 0.4) is 0 Å². The number of carbonyl (C=O) groups excluding carboxylic acids is 1. The number of anilines is 1. The Bertz CT molecular complexity index is 925. The van der Waals surface area contributed by atoms with Gasteiger partial charge in [0.1, 0.15) is 0 Å². The van der Waals surface area contributed by atoms with E-state index in [1.807, 2.05) is 0 Å². The van der Waals surface area contributed by atoms with Crippen molar-refractivity contribution in [3.05, 3.63) is 75.8 Å². The minimum Gasteiger partial charge on any atom is -0.318 e. The van der Waals surface area contributed by atoms with E-state index in [2.05, 4.69) is 15.4 Å². The molecule has 0 bridgehead atoms. The van der Waals surface area contributed by atoms with E-state index in [1.165, 1.54) is 35.3 Å². The molecule has 8 nitrogen and oxygen atoms in total. The van der Waals surface area contributed by atoms with Crippen LogP contribution in [0.1, 0.15) is 10.5 Å². The first-order chi connectivity index (χ1) is 11.5. The molecule has 3 aromatic rings. The van der Waals surface area contributed by atoms with Gasteiger partial charge < -0.3 is 5.32 Å². The molecule has 0 aliphatic rings. The van der Waals surface area contributed by atoms with E-state index in [4.69, 9.17) is 11.6 Å². The van der Waals surface area contributed by atoms with Gasteiger partial charge in [0.05, 0.1) is 27.5 Å². The van der Waals surface area contributed by atoms with Gasteiger partial charge in [-0.25, -0.2) is 4.68 Å². The average Bonchev–Trinajstić information content (AvgIpc) is 3.07. The van der Waals surface area contributed by atoms with Crippen LogP contribution >= 0.6 is 11.6 Å². The van der Waals surface area contributed by atoms with Crippen molar-refractivity contribution in [3.63, 3.8) is 0 Å². The molecule has 120 valence electrons. The summed E-state index contributed by atoms with van der Waals surface area (Å²) in [6.45, 7) is 0. The number of hydrogen-bond acceptors (Lipinski definition) is 5. The molecule has 0 spiro atoms. The Morgan fingerprint density at radius 3 is 2.88 bits per heavy atom. The van der Waals surface area contributed by atoms with Crippen molar-refractivity contribution in [1.82, 2.24) is 14.8 Å². The standard InChI is InChI=1S/C15H10ClN5O3/c16-12-4-6-17-9-14(12)18-15(22)13-5-7-20(19-13)10-2-1-3-11(8-10)21(23)24/h1-9H,(H,18,22). The molecule has 1 aromatic carbocycles. The molecule has 0 saturated carbocycles. The quantitative estimate of drug-likeness (QED) is 0.579. The van der Waals surface area contributed by atoms with Crippen molar-refractivity contribution in [2.45, 2.75) is 0 Å². The summed E-state index contributed by atoms with van der Waals surface area (Å²) in [6, 6.07) is 9.00. The van der Waals surface area contributed by atoms with Crippen LogP contribution in [-0.2, 0) is 0 Å². The van der Waals surface area contributed by atoms with Crippen LogP contribution in [0.25, 0.3) is 5.69 Å². The first-order valence-corrected chi connectivity index (χ1v) is 7.14. The van der Waals surface area contributed by atoms with Crippen molar-refractivity contribution in [1.29, 1.82) is 0 Å². The molecular formula is C15H10ClN5O3. The number of pyridine rings is 1. The van der Waals surface area contributed by atoms with Crippen LogP contribution in [0, 0.1) is 10.1 Å². The van der Waals surface area contributed by atoms with Crippen LogP contribution in [0.15, 0.2) is 55.0 Å². The van der Waals surface area contributed by atoms with Crippen molar-refractivity contribution in [3.8, 4) is 5.69 Å². The smallest absolute Gasteiger partial charge is 0.276 e. The van der Waals surface area contributed by atoms with E-state index in [9.17, 15) is 14.9 Å². The van der Waals surface area contributed by atoms with Gasteiger partial charge in [-0.15, -0.1) is 0 Å². The van der Waals surface area contributed by atoms with E-state index in [0.717, 1.165) is 0 Å². The molecule has 2 aromatic heterocycles. The van der Waals surface area contributed by atoms with Gasteiger partial charge in [-0.05, 0) is 18.2 Å². The number of benzene rings is 1. The van der Waals surface area contributed by atoms with E-state index < -0.39 is 10.8 Å². The summed E-state index contributed by atoms with van der Waals surface area (Å²) < 4.78 is 1.38. The number of carbonyl (C=O) groups is 1. The summed E-state index contributed by atoms with van der Waals surface area (Å²) in [5.74, 6) is -0.464. The summed E-state index contributed by atoms with van der Waals surface area (Å²) >= 11 is 5.96. The van der Waals surface area contributed by atoms with Crippen LogP contribution in [0.5, 0.6) is 0 Å². The number of non-ortho nitro benzene ring substituents is 1. The van der Waals surface area contributed by atoms with Crippen molar-refractivity contribution >= 4 is 28.9 Å². The molecule has 2 heterocycles. The number of amides is 1. The highest BCUT2D eigenvalue weighted by atomic mass is 35.5. The van der Waals surface area contributed by atoms with Crippen molar-refractivity contribution in [2.24, 2.45) is 0 Å². The lowest BCUT2D eigenvalue weighted by atomic mass is 10.3. The van der Waals surface area contributed by atoms with Crippen LogP contribution in [-0.4, -0.2) is 25.6 Å². The van der Waals surface area contributed by atoms with E-state index in [-0.39, 0.29) is 11.4 Å². The molecule has 3 rings (SSSR count). The highest BCUT2D eigenvalue weighted by molar-refractivity contribution is 6.33. The molecule has 1 N–H and O–H groups in total. The van der Waals surface area contributed by atoms with Crippen molar-refractivity contribution < 1.29 is 9.72 Å². The number of rotatable bonds is 4. The number of nitro groups is 1. The normalized spacial score (nSPS) is 10.4. The summed E-state index contributed by atoms with van der Waals surface area (Å²) in [4.78, 5) is 26.4. The maximum Gasteiger partial charge on any atom is 0.276 e. The predicted octanol–water partition coefficient (Wildman–Crippen LogP) is 3.08. The fourth-order valence-electron chi connectivity index (χ4n) is 1.99. The number of halogens is 1. The van der Waals surface area contributed by atoms with E-state index >= 15 is 0 Å². The van der Waals surface area contributed by atoms with Crippen LogP contribution in [0.2, 0.25) is 5.02 Å². The first-order valence-electron chi connectivity index (χ1n) is 6.76. The van der Waals surface area contributed by atoms with Gasteiger partial charge >= 0.3 is 0 Å². The monoisotopic (exact) mass is 343 g/mol. The highest BCUT2D eigenvalue weighted by Crippen LogP contribution is 2.20. The minimum atomic E-state index is -0.495. The molecule has 0 atom stereocenters. The summed E-state index contributed by atoms with van der Waals surface area (Å²) in [7, 11) is 0. The van der Waals surface area contributed by atoms with Gasteiger partial charge in [0, 0.05) is 24.5 Å². The molecule has 0 fully saturated rings. The van der Waals surface area contributed by atoms with Crippen molar-refractivity contribution in [2.75, 3.05) is 5.32 Å². The zero-order valence-electron chi connectivity index (χ0n) is 12.1. The zero-order valence-corrected chi connectivity index (χ0v) is 12.8. The third kappa shape index (κ3) is 3.23. The number of nitrogens with one attached hydrogen (secondary N) is 1. The molecule has 0 aliphatic carbocycles. The topological polar surface area (TPSA) is 103 Å². The molecule has 0 radical (unpaired) electrons. The van der Waals surface area contributed by atoms with Gasteiger partial charge in [-0.1, -0.05) is 17.7 Å². The number of nitrogens with zero attached hydrogens (tertiary/aromatic N) is 4. The van der Waals surface area contributed by atoms with E-state index in [0.29, 0.717) is 16.4 Å². The lowest BCUT2D eigenvalue weighted by molar-refractivity contribution is -0.384. The second kappa shape index (κ2) is 6.47. The third-order valence-electron chi connectivity index (χ3n) is 3.14. The largest absolute Gasteiger partial charge is 0.318 e. The Morgan fingerprint density at radius 1 is 1.29 bits per heavy atom. The summed E-state index contributed by atoms with van der Waals surface area (Å²) in [6.07, 6.45) is 4.48. The molecule has 0 saturated heterocycles. The fourth-order valence-corrected chi connectivity index (χ4v) is 2.15. The predicted molar refractivity (Wildman–Crippen MR) is 87.4 cm³/mol. The Labute approximate surface area is 140 Å². The van der Waals surface area contributed by atoms with E-state index in [1.54, 1.807) is 24.4 Å². The average molecular weight is 344 g/mol. The number of hydrogen-bond donors (Lipinski definition) is 1. The molecule has 0 aliphatic heterocycles. The summed E-state index contributed by atoms with van der Waals surface area (Å²) in [5, 5.41) is 17.9. The minimum absolute atomic E-state index is 0.0591. The highest BCUT2D eigenvalue weighted by Gasteiger charge is 2.13. The fraction of sp³-hybridized carbons (Fsp3) is 0. The molecule has 1 amide bonds. The Kier molecular flexibility index (Phi) is 4.21. The number of aromatic nitrogens is 3. The molecule has 9 heteroatoms. The van der Waals surface area contributed by atoms with Gasteiger partial charge in [-0.2, -0.15) is 5.10 Å². The van der Waals surface area contributed by atoms with Gasteiger partial charge in [0.25, 0.3) is 11.6 Å². The molecule has 24 heavy (non-hydrogen) atoms. The Morgan fingerprint density at radius 2 is 2.12 bits per heavy atom. The maximum absolute atomic E-state index is 12.2. The van der Waals surface area contributed by atoms with Crippen LogP contribution < -0.4 is 5.32 Å². The Hall–Kier alpha value is -3.26. The molecular weight excluding hydrogens is 334 g/mol. The van der Waals surface area contributed by atoms with Gasteiger partial charge in [0.2, 0.25) is 0 Å². The lowest BCUT2D eigenvalue weighted by Crippen LogP contribution is -2.13. The first kappa shape index (κ1) is 15.6. The lowest BCUT2D eigenvalue weighted by Gasteiger charge is -2.04. The van der Waals surface area contributed by atoms with Gasteiger partial charge in [-0.3, -0.25) is 19.9 Å². The van der Waals surface area contributed by atoms with Crippen LogP contribution in [0.4, 0.5) is 11.4 Å². The Balaban J connectivity index is 1.83. The molecule has 0 unspecified atom stereocenters. The maximum atomic E-state index is 12.2. The second-order valence-electron chi connectivity index (χ2n) is 4.73. The SMILES string of the molecule is O=C(Nc1cnccc1Cl)c1ccn(-c2cccc([N+](=O)[O-])c2)n1. The zero-order chi connectivity index (χ0) is 17.1. The third-order valence-corrected chi connectivity index (χ3v) is 3.47. The second-order valence-corrected chi connectivity index (χ2v) is 5.14. The summed E-state index contributed by atoms with van der Waals surface area (Å²) in [5.41, 5.74) is 0.925.